The molecule has 1 saturated heterocycles. The van der Waals surface area contributed by atoms with Gasteiger partial charge in [0.1, 0.15) is 23.4 Å². The first-order valence-electron chi connectivity index (χ1n) is 11.9. The Morgan fingerprint density at radius 2 is 1.86 bits per heavy atom. The zero-order valence-electron chi connectivity index (χ0n) is 20.2. The van der Waals surface area contributed by atoms with Crippen molar-refractivity contribution >= 4 is 29.2 Å². The van der Waals surface area contributed by atoms with Gasteiger partial charge in [-0.15, -0.1) is 0 Å². The SMILES string of the molecule is CCn1ccc(NC(=O)c2cc(Oc3ccc(C(=O)N4CCCC4)cc3Cl)cc(O[C@@H](C)CO)c2)n1. The molecule has 1 aromatic heterocycles. The fraction of sp³-hybridized carbons (Fsp3) is 0.346. The highest BCUT2D eigenvalue weighted by molar-refractivity contribution is 6.32. The van der Waals surface area contributed by atoms with Crippen LogP contribution in [0.25, 0.3) is 0 Å². The van der Waals surface area contributed by atoms with Gasteiger partial charge in [0.2, 0.25) is 0 Å². The first kappa shape index (κ1) is 25.5. The fourth-order valence-corrected chi connectivity index (χ4v) is 4.06. The van der Waals surface area contributed by atoms with Gasteiger partial charge in [0.25, 0.3) is 11.8 Å². The van der Waals surface area contributed by atoms with Gasteiger partial charge in [-0.05, 0) is 57.0 Å². The number of likely N-dealkylation sites (tertiary alicyclic amines) is 1. The molecule has 2 aromatic carbocycles. The molecule has 9 nitrogen and oxygen atoms in total. The summed E-state index contributed by atoms with van der Waals surface area (Å²) in [5, 5.41) is 16.7. The molecular formula is C26H29ClN4O5. The maximum atomic E-state index is 12.9. The smallest absolute Gasteiger partial charge is 0.257 e. The first-order chi connectivity index (χ1) is 17.4. The topological polar surface area (TPSA) is 106 Å². The number of anilines is 1. The highest BCUT2D eigenvalue weighted by Gasteiger charge is 2.21. The average molecular weight is 513 g/mol. The Morgan fingerprint density at radius 3 is 2.53 bits per heavy atom. The molecule has 190 valence electrons. The molecule has 1 fully saturated rings. The molecule has 36 heavy (non-hydrogen) atoms. The average Bonchev–Trinajstić information content (AvgIpc) is 3.57. The van der Waals surface area contributed by atoms with Crippen molar-refractivity contribution in [3.05, 3.63) is 64.8 Å². The van der Waals surface area contributed by atoms with Crippen LogP contribution < -0.4 is 14.8 Å². The molecule has 0 aliphatic carbocycles. The van der Waals surface area contributed by atoms with E-state index in [4.69, 9.17) is 21.1 Å². The highest BCUT2D eigenvalue weighted by Crippen LogP contribution is 2.33. The molecule has 0 radical (unpaired) electrons. The summed E-state index contributed by atoms with van der Waals surface area (Å²) in [4.78, 5) is 27.4. The molecule has 1 aliphatic heterocycles. The molecule has 0 unspecified atom stereocenters. The van der Waals surface area contributed by atoms with Gasteiger partial charge in [-0.1, -0.05) is 11.6 Å². The molecule has 0 bridgehead atoms. The quantitative estimate of drug-likeness (QED) is 0.434. The van der Waals surface area contributed by atoms with Crippen molar-refractivity contribution in [2.45, 2.75) is 39.3 Å². The van der Waals surface area contributed by atoms with E-state index in [0.29, 0.717) is 35.2 Å². The minimum absolute atomic E-state index is 0.0567. The molecule has 2 amide bonds. The summed E-state index contributed by atoms with van der Waals surface area (Å²) in [6.07, 6.45) is 3.29. The minimum atomic E-state index is -0.490. The molecule has 3 aromatic rings. The summed E-state index contributed by atoms with van der Waals surface area (Å²) < 4.78 is 13.4. The third-order valence-electron chi connectivity index (χ3n) is 5.74. The number of hydrogen-bond acceptors (Lipinski definition) is 6. The summed E-state index contributed by atoms with van der Waals surface area (Å²) in [5.41, 5.74) is 0.769. The molecule has 0 spiro atoms. The second-order valence-electron chi connectivity index (χ2n) is 8.56. The van der Waals surface area contributed by atoms with E-state index >= 15 is 0 Å². The summed E-state index contributed by atoms with van der Waals surface area (Å²) >= 11 is 6.45. The largest absolute Gasteiger partial charge is 0.488 e. The Balaban J connectivity index is 1.57. The second-order valence-corrected chi connectivity index (χ2v) is 8.97. The number of aliphatic hydroxyl groups excluding tert-OH is 1. The van der Waals surface area contributed by atoms with Crippen LogP contribution >= 0.6 is 11.6 Å². The lowest BCUT2D eigenvalue weighted by Gasteiger charge is -2.17. The van der Waals surface area contributed by atoms with Gasteiger partial charge in [0.05, 0.1) is 11.6 Å². The Morgan fingerprint density at radius 1 is 1.11 bits per heavy atom. The van der Waals surface area contributed by atoms with E-state index in [0.717, 1.165) is 25.9 Å². The summed E-state index contributed by atoms with van der Waals surface area (Å²) in [6, 6.07) is 11.3. The lowest BCUT2D eigenvalue weighted by atomic mass is 10.1. The molecule has 0 saturated carbocycles. The lowest BCUT2D eigenvalue weighted by molar-refractivity contribution is 0.0792. The maximum absolute atomic E-state index is 12.9. The second kappa shape index (κ2) is 11.5. The van der Waals surface area contributed by atoms with Crippen LogP contribution in [0.5, 0.6) is 17.2 Å². The molecule has 2 N–H and O–H groups in total. The van der Waals surface area contributed by atoms with E-state index < -0.39 is 12.0 Å². The normalized spacial score (nSPS) is 13.9. The summed E-state index contributed by atoms with van der Waals surface area (Å²) in [5.74, 6) is 0.938. The minimum Gasteiger partial charge on any atom is -0.488 e. The van der Waals surface area contributed by atoms with Gasteiger partial charge in [-0.3, -0.25) is 14.3 Å². The Hall–Kier alpha value is -3.56. The predicted molar refractivity (Wildman–Crippen MR) is 136 cm³/mol. The number of aromatic nitrogens is 2. The van der Waals surface area contributed by atoms with Gasteiger partial charge >= 0.3 is 0 Å². The van der Waals surface area contributed by atoms with Crippen LogP contribution in [0.4, 0.5) is 5.82 Å². The first-order valence-corrected chi connectivity index (χ1v) is 12.3. The van der Waals surface area contributed by atoms with Crippen LogP contribution in [0.1, 0.15) is 47.4 Å². The molecular weight excluding hydrogens is 484 g/mol. The van der Waals surface area contributed by atoms with Crippen molar-refractivity contribution in [2.75, 3.05) is 25.0 Å². The van der Waals surface area contributed by atoms with Crippen molar-refractivity contribution in [3.8, 4) is 17.2 Å². The van der Waals surface area contributed by atoms with E-state index in [1.807, 2.05) is 11.8 Å². The van der Waals surface area contributed by atoms with Crippen molar-refractivity contribution in [2.24, 2.45) is 0 Å². The summed E-state index contributed by atoms with van der Waals surface area (Å²) in [6.45, 7) is 5.64. The molecule has 1 atom stereocenters. The number of carbonyl (C=O) groups excluding carboxylic acids is 2. The van der Waals surface area contributed by atoms with Gasteiger partial charge in [-0.2, -0.15) is 5.10 Å². The van der Waals surface area contributed by atoms with Crippen LogP contribution in [-0.2, 0) is 6.54 Å². The van der Waals surface area contributed by atoms with Crippen LogP contribution in [-0.4, -0.2) is 57.4 Å². The number of benzene rings is 2. The lowest BCUT2D eigenvalue weighted by Crippen LogP contribution is -2.27. The Labute approximate surface area is 214 Å². The van der Waals surface area contributed by atoms with Crippen molar-refractivity contribution in [1.82, 2.24) is 14.7 Å². The van der Waals surface area contributed by atoms with Gasteiger partial charge in [0, 0.05) is 49.1 Å². The predicted octanol–water partition coefficient (Wildman–Crippen LogP) is 4.60. The highest BCUT2D eigenvalue weighted by atomic mass is 35.5. The zero-order chi connectivity index (χ0) is 25.7. The monoisotopic (exact) mass is 512 g/mol. The van der Waals surface area contributed by atoms with Gasteiger partial charge < -0.3 is 24.8 Å². The van der Waals surface area contributed by atoms with E-state index in [1.54, 1.807) is 60.3 Å². The molecule has 4 rings (SSSR count). The third-order valence-corrected chi connectivity index (χ3v) is 6.04. The van der Waals surface area contributed by atoms with E-state index in [-0.39, 0.29) is 23.1 Å². The maximum Gasteiger partial charge on any atom is 0.257 e. The molecule has 1 aliphatic rings. The van der Waals surface area contributed by atoms with Crippen LogP contribution in [0, 0.1) is 0 Å². The third kappa shape index (κ3) is 6.16. The number of nitrogens with zero attached hydrogens (tertiary/aromatic N) is 3. The fourth-order valence-electron chi connectivity index (χ4n) is 3.84. The number of carbonyl (C=O) groups is 2. The van der Waals surface area contributed by atoms with E-state index in [2.05, 4.69) is 10.4 Å². The van der Waals surface area contributed by atoms with Crippen molar-refractivity contribution in [3.63, 3.8) is 0 Å². The molecule has 10 heteroatoms. The van der Waals surface area contributed by atoms with Crippen LogP contribution in [0.15, 0.2) is 48.7 Å². The number of ether oxygens (including phenoxy) is 2. The number of halogens is 1. The number of aliphatic hydroxyl groups is 1. The van der Waals surface area contributed by atoms with Gasteiger partial charge in [-0.25, -0.2) is 0 Å². The van der Waals surface area contributed by atoms with Gasteiger partial charge in [0.15, 0.2) is 5.82 Å². The molecule has 2 heterocycles. The van der Waals surface area contributed by atoms with Crippen molar-refractivity contribution in [1.29, 1.82) is 0 Å². The standard InChI is InChI=1S/C26H29ClN4O5/c1-3-31-11-8-24(29-31)28-25(33)19-12-20(35-17(2)16-32)15-21(13-19)36-23-7-6-18(14-22(23)27)26(34)30-9-4-5-10-30/h6-8,11-15,17,32H,3-5,9-10,16H2,1-2H3,(H,28,29,33)/t17-/m0/s1. The van der Waals surface area contributed by atoms with Crippen molar-refractivity contribution < 1.29 is 24.2 Å². The van der Waals surface area contributed by atoms with E-state index in [1.165, 1.54) is 0 Å². The van der Waals surface area contributed by atoms with Crippen LogP contribution in [0.2, 0.25) is 5.02 Å². The van der Waals surface area contributed by atoms with Crippen LogP contribution in [0.3, 0.4) is 0 Å². The number of aryl methyl sites for hydroxylation is 1. The van der Waals surface area contributed by atoms with E-state index in [9.17, 15) is 14.7 Å². The Bertz CT molecular complexity index is 1240. The number of nitrogens with one attached hydrogen (secondary N) is 1. The Kier molecular flexibility index (Phi) is 8.12. The summed E-state index contributed by atoms with van der Waals surface area (Å²) in [7, 11) is 0. The number of amides is 2. The number of hydrogen-bond donors (Lipinski definition) is 2. The number of rotatable bonds is 9. The zero-order valence-corrected chi connectivity index (χ0v) is 21.0.